The number of hydrogen-bond donors (Lipinski definition) is 0. The minimum absolute atomic E-state index is 0.173. The van der Waals surface area contributed by atoms with Gasteiger partial charge < -0.3 is 0 Å². The molecule has 1 unspecified atom stereocenters. The van der Waals surface area contributed by atoms with Gasteiger partial charge in [0.25, 0.3) is 0 Å². The number of halogens is 1. The van der Waals surface area contributed by atoms with Gasteiger partial charge in [-0.25, -0.2) is 0 Å². The summed E-state index contributed by atoms with van der Waals surface area (Å²) in [6.07, 6.45) is 1.14. The average Bonchev–Trinajstić information content (AvgIpc) is 2.61. The zero-order valence-corrected chi connectivity index (χ0v) is 11.7. The van der Waals surface area contributed by atoms with Crippen molar-refractivity contribution in [1.82, 2.24) is 0 Å². The van der Waals surface area contributed by atoms with E-state index >= 15 is 0 Å². The van der Waals surface area contributed by atoms with Gasteiger partial charge in [-0.3, -0.25) is 0 Å². The summed E-state index contributed by atoms with van der Waals surface area (Å²) in [5, 5.41) is 0. The first-order valence-corrected chi connectivity index (χ1v) is 6.86. The Balaban J connectivity index is 2.38. The van der Waals surface area contributed by atoms with E-state index in [2.05, 4.69) is 72.2 Å². The largest absolute Gasteiger partial charge is 0.0642 e. The molecular weight excluding hydrogens is 272 g/mol. The lowest BCUT2D eigenvalue weighted by Gasteiger charge is -2.25. The van der Waals surface area contributed by atoms with Crippen LogP contribution in [0, 0.1) is 0 Å². The molecule has 2 aromatic rings. The second-order valence-electron chi connectivity index (χ2n) is 4.92. The molecule has 3 rings (SSSR count). The Morgan fingerprint density at radius 3 is 2.47 bits per heavy atom. The van der Waals surface area contributed by atoms with E-state index in [1.54, 1.807) is 0 Å². The Morgan fingerprint density at radius 1 is 1.00 bits per heavy atom. The molecule has 0 fully saturated rings. The van der Waals surface area contributed by atoms with Crippen LogP contribution in [0.3, 0.4) is 0 Å². The monoisotopic (exact) mass is 286 g/mol. The van der Waals surface area contributed by atoms with Crippen LogP contribution >= 0.6 is 15.9 Å². The number of hydrogen-bond acceptors (Lipinski definition) is 0. The molecule has 0 aromatic heterocycles. The van der Waals surface area contributed by atoms with Crippen molar-refractivity contribution in [3.8, 4) is 11.1 Å². The summed E-state index contributed by atoms with van der Waals surface area (Å²) in [4.78, 5) is 0. The predicted molar refractivity (Wildman–Crippen MR) is 76.3 cm³/mol. The summed E-state index contributed by atoms with van der Waals surface area (Å²) in [7, 11) is 0. The number of rotatable bonds is 1. The molecule has 0 saturated carbocycles. The molecule has 17 heavy (non-hydrogen) atoms. The maximum absolute atomic E-state index is 3.58. The van der Waals surface area contributed by atoms with Crippen molar-refractivity contribution >= 4 is 15.9 Å². The molecular formula is C16H15Br. The molecule has 0 aliphatic heterocycles. The molecule has 0 heterocycles. The molecule has 1 aliphatic rings. The minimum atomic E-state index is 0.173. The first-order chi connectivity index (χ1) is 8.16. The van der Waals surface area contributed by atoms with E-state index in [-0.39, 0.29) is 5.41 Å². The molecule has 0 nitrogen and oxygen atoms in total. The third-order valence-electron chi connectivity index (χ3n) is 4.09. The third-order valence-corrected chi connectivity index (χ3v) is 4.59. The molecule has 1 atom stereocenters. The van der Waals surface area contributed by atoms with Gasteiger partial charge in [0.2, 0.25) is 0 Å². The summed E-state index contributed by atoms with van der Waals surface area (Å²) >= 11 is 3.58. The topological polar surface area (TPSA) is 0 Å². The summed E-state index contributed by atoms with van der Waals surface area (Å²) in [6, 6.07) is 15.4. The molecule has 0 saturated heterocycles. The lowest BCUT2D eigenvalue weighted by Crippen LogP contribution is -2.18. The second-order valence-corrected chi connectivity index (χ2v) is 5.84. The molecule has 86 valence electrons. The van der Waals surface area contributed by atoms with E-state index in [9.17, 15) is 0 Å². The summed E-state index contributed by atoms with van der Waals surface area (Å²) < 4.78 is 1.16. The first kappa shape index (κ1) is 11.0. The summed E-state index contributed by atoms with van der Waals surface area (Å²) in [6.45, 7) is 4.62. The van der Waals surface area contributed by atoms with E-state index in [4.69, 9.17) is 0 Å². The molecule has 1 aliphatic carbocycles. The van der Waals surface area contributed by atoms with Gasteiger partial charge >= 0.3 is 0 Å². The highest BCUT2D eigenvalue weighted by molar-refractivity contribution is 9.10. The standard InChI is InChI=1S/C16H15Br/c1-3-16(2)14-7-5-4-6-12(14)13-10-11(17)8-9-15(13)16/h4-10H,3H2,1-2H3. The number of fused-ring (bicyclic) bond motifs is 3. The van der Waals surface area contributed by atoms with E-state index in [0.29, 0.717) is 0 Å². The molecule has 1 heteroatoms. The van der Waals surface area contributed by atoms with Gasteiger partial charge in [-0.15, -0.1) is 0 Å². The maximum Gasteiger partial charge on any atom is 0.0184 e. The van der Waals surface area contributed by atoms with E-state index < -0.39 is 0 Å². The minimum Gasteiger partial charge on any atom is -0.0642 e. The summed E-state index contributed by atoms with van der Waals surface area (Å²) in [5.41, 5.74) is 5.89. The third kappa shape index (κ3) is 1.42. The second kappa shape index (κ2) is 3.71. The Bertz CT molecular complexity index is 586. The maximum atomic E-state index is 3.58. The van der Waals surface area contributed by atoms with E-state index in [0.717, 1.165) is 10.9 Å². The van der Waals surface area contributed by atoms with Crippen LogP contribution in [0.1, 0.15) is 31.4 Å². The average molecular weight is 287 g/mol. The molecule has 0 bridgehead atoms. The van der Waals surface area contributed by atoms with Gasteiger partial charge in [0.1, 0.15) is 0 Å². The van der Waals surface area contributed by atoms with Crippen molar-refractivity contribution in [2.45, 2.75) is 25.7 Å². The van der Waals surface area contributed by atoms with Gasteiger partial charge in [-0.1, -0.05) is 60.1 Å². The summed E-state index contributed by atoms with van der Waals surface area (Å²) in [5.74, 6) is 0. The van der Waals surface area contributed by atoms with Crippen LogP contribution in [-0.4, -0.2) is 0 Å². The van der Waals surface area contributed by atoms with Crippen LogP contribution in [-0.2, 0) is 5.41 Å². The van der Waals surface area contributed by atoms with Crippen molar-refractivity contribution in [3.63, 3.8) is 0 Å². The van der Waals surface area contributed by atoms with Gasteiger partial charge in [0.05, 0.1) is 0 Å². The van der Waals surface area contributed by atoms with Crippen LogP contribution in [0.4, 0.5) is 0 Å². The van der Waals surface area contributed by atoms with Crippen LogP contribution < -0.4 is 0 Å². The van der Waals surface area contributed by atoms with Gasteiger partial charge in [-0.2, -0.15) is 0 Å². The van der Waals surface area contributed by atoms with E-state index in [1.807, 2.05) is 0 Å². The highest BCUT2D eigenvalue weighted by Crippen LogP contribution is 2.50. The molecule has 0 radical (unpaired) electrons. The zero-order chi connectivity index (χ0) is 12.0. The highest BCUT2D eigenvalue weighted by atomic mass is 79.9. The smallest absolute Gasteiger partial charge is 0.0184 e. The van der Waals surface area contributed by atoms with Gasteiger partial charge in [0, 0.05) is 9.89 Å². The van der Waals surface area contributed by atoms with Crippen LogP contribution in [0.5, 0.6) is 0 Å². The fourth-order valence-electron chi connectivity index (χ4n) is 2.95. The Kier molecular flexibility index (Phi) is 2.41. The van der Waals surface area contributed by atoms with Crippen LogP contribution in [0.15, 0.2) is 46.9 Å². The Hall–Kier alpha value is -1.08. The lowest BCUT2D eigenvalue weighted by atomic mass is 9.78. The Labute approximate surface area is 111 Å². The SMILES string of the molecule is CCC1(C)c2ccccc2-c2cc(Br)ccc21. The normalized spacial score (nSPS) is 21.1. The van der Waals surface area contributed by atoms with Gasteiger partial charge in [0.15, 0.2) is 0 Å². The quantitative estimate of drug-likeness (QED) is 0.680. The highest BCUT2D eigenvalue weighted by Gasteiger charge is 2.37. The van der Waals surface area contributed by atoms with Gasteiger partial charge in [-0.05, 0) is 40.8 Å². The van der Waals surface area contributed by atoms with Crippen molar-refractivity contribution in [3.05, 3.63) is 58.1 Å². The molecule has 0 N–H and O–H groups in total. The predicted octanol–water partition coefficient (Wildman–Crippen LogP) is 5.15. The molecule has 0 amide bonds. The van der Waals surface area contributed by atoms with E-state index in [1.165, 1.54) is 22.3 Å². The molecule has 2 aromatic carbocycles. The van der Waals surface area contributed by atoms with Crippen molar-refractivity contribution in [1.29, 1.82) is 0 Å². The number of benzene rings is 2. The van der Waals surface area contributed by atoms with Crippen molar-refractivity contribution < 1.29 is 0 Å². The molecule has 0 spiro atoms. The fraction of sp³-hybridized carbons (Fsp3) is 0.250. The van der Waals surface area contributed by atoms with Crippen molar-refractivity contribution in [2.75, 3.05) is 0 Å². The first-order valence-electron chi connectivity index (χ1n) is 6.07. The lowest BCUT2D eigenvalue weighted by molar-refractivity contribution is 0.564. The fourth-order valence-corrected chi connectivity index (χ4v) is 3.31. The van der Waals surface area contributed by atoms with Crippen LogP contribution in [0.25, 0.3) is 11.1 Å². The zero-order valence-electron chi connectivity index (χ0n) is 10.1. The van der Waals surface area contributed by atoms with Crippen molar-refractivity contribution in [2.24, 2.45) is 0 Å². The van der Waals surface area contributed by atoms with Crippen LogP contribution in [0.2, 0.25) is 0 Å². The Morgan fingerprint density at radius 2 is 1.71 bits per heavy atom.